The maximum absolute atomic E-state index is 12.5. The molecule has 0 bridgehead atoms. The lowest BCUT2D eigenvalue weighted by atomic mass is 9.71. The van der Waals surface area contributed by atoms with Crippen LogP contribution in [0.4, 0.5) is 13.2 Å². The van der Waals surface area contributed by atoms with Crippen molar-refractivity contribution in [3.63, 3.8) is 0 Å². The van der Waals surface area contributed by atoms with E-state index in [1.54, 1.807) is 7.11 Å². The zero-order valence-corrected chi connectivity index (χ0v) is 18.3. The molecule has 174 valence electrons. The Morgan fingerprint density at radius 1 is 1.23 bits per heavy atom. The summed E-state index contributed by atoms with van der Waals surface area (Å²) >= 11 is 0. The van der Waals surface area contributed by atoms with Crippen molar-refractivity contribution in [3.05, 3.63) is 35.4 Å². The van der Waals surface area contributed by atoms with Gasteiger partial charge < -0.3 is 19.7 Å². The summed E-state index contributed by atoms with van der Waals surface area (Å²) in [6, 6.07) is 7.90. The number of fused-ring (bicyclic) bond motifs is 2. The highest BCUT2D eigenvalue weighted by atomic mass is 19.4. The number of nitrogens with one attached hydrogen (secondary N) is 1. The number of benzene rings is 1. The number of ether oxygens (including phenoxy) is 2. The molecule has 0 radical (unpaired) electrons. The molecule has 1 aromatic rings. The molecule has 31 heavy (non-hydrogen) atoms. The highest BCUT2D eigenvalue weighted by Gasteiger charge is 2.54. The van der Waals surface area contributed by atoms with Crippen molar-refractivity contribution in [1.29, 1.82) is 0 Å². The minimum atomic E-state index is -4.10. The van der Waals surface area contributed by atoms with Gasteiger partial charge in [-0.2, -0.15) is 13.2 Å². The summed E-state index contributed by atoms with van der Waals surface area (Å²) in [6.45, 7) is 4.58. The van der Waals surface area contributed by atoms with Gasteiger partial charge in [-0.1, -0.05) is 31.2 Å². The monoisotopic (exact) mass is 442 g/mol. The zero-order chi connectivity index (χ0) is 22.5. The number of nitrogens with zero attached hydrogens (tertiary/aromatic N) is 1. The van der Waals surface area contributed by atoms with Gasteiger partial charge in [-0.15, -0.1) is 0 Å². The van der Waals surface area contributed by atoms with Gasteiger partial charge >= 0.3 is 6.18 Å². The molecule has 5 nitrogen and oxygen atoms in total. The molecule has 8 heteroatoms. The predicted molar refractivity (Wildman–Crippen MR) is 112 cm³/mol. The molecule has 1 aliphatic heterocycles. The smallest absolute Gasteiger partial charge is 0.382 e. The number of rotatable bonds is 9. The lowest BCUT2D eigenvalue weighted by molar-refractivity contribution is -0.136. The van der Waals surface area contributed by atoms with E-state index in [4.69, 9.17) is 9.47 Å². The van der Waals surface area contributed by atoms with Gasteiger partial charge in [-0.3, -0.25) is 4.79 Å². The Morgan fingerprint density at radius 3 is 2.58 bits per heavy atom. The number of methoxy groups -OCH3 is 1. The van der Waals surface area contributed by atoms with Crippen molar-refractivity contribution in [2.45, 2.75) is 62.8 Å². The minimum Gasteiger partial charge on any atom is -0.382 e. The van der Waals surface area contributed by atoms with E-state index in [1.165, 1.54) is 5.56 Å². The van der Waals surface area contributed by atoms with Gasteiger partial charge in [0.05, 0.1) is 25.4 Å². The quantitative estimate of drug-likeness (QED) is 0.588. The topological polar surface area (TPSA) is 50.8 Å². The molecule has 2 aliphatic rings. The van der Waals surface area contributed by atoms with Crippen molar-refractivity contribution in [2.24, 2.45) is 0 Å². The molecule has 0 unspecified atom stereocenters. The van der Waals surface area contributed by atoms with E-state index in [0.717, 1.165) is 18.4 Å². The zero-order valence-electron chi connectivity index (χ0n) is 18.3. The molecule has 1 heterocycles. The van der Waals surface area contributed by atoms with Gasteiger partial charge in [0.2, 0.25) is 5.91 Å². The van der Waals surface area contributed by atoms with E-state index in [1.807, 2.05) is 25.1 Å². The molecule has 0 aromatic heterocycles. The average molecular weight is 443 g/mol. The molecule has 1 aromatic carbocycles. The summed E-state index contributed by atoms with van der Waals surface area (Å²) in [7, 11) is 1.62. The van der Waals surface area contributed by atoms with Crippen LogP contribution in [0, 0.1) is 0 Å². The lowest BCUT2D eigenvalue weighted by Gasteiger charge is -2.44. The van der Waals surface area contributed by atoms with Crippen LogP contribution in [0.5, 0.6) is 0 Å². The van der Waals surface area contributed by atoms with Crippen LogP contribution in [-0.4, -0.2) is 63.0 Å². The van der Waals surface area contributed by atoms with Crippen LogP contribution >= 0.6 is 0 Å². The number of piperidine rings is 1. The van der Waals surface area contributed by atoms with Gasteiger partial charge in [-0.05, 0) is 50.0 Å². The number of carbonyl (C=O) groups excluding carboxylic acids is 1. The second-order valence-corrected chi connectivity index (χ2v) is 8.49. The first-order chi connectivity index (χ1) is 14.8. The first kappa shape index (κ1) is 24.0. The maximum atomic E-state index is 12.5. The number of alkyl halides is 3. The normalized spacial score (nSPS) is 23.1. The second kappa shape index (κ2) is 10.3. The molecule has 0 saturated carbocycles. The summed E-state index contributed by atoms with van der Waals surface area (Å²) < 4.78 is 49.0. The Morgan fingerprint density at radius 2 is 1.94 bits per heavy atom. The highest BCUT2D eigenvalue weighted by Crippen LogP contribution is 2.52. The van der Waals surface area contributed by atoms with Crippen LogP contribution in [0.2, 0.25) is 0 Å². The molecule has 2 atom stereocenters. The van der Waals surface area contributed by atoms with Gasteiger partial charge in [0.15, 0.2) is 0 Å². The minimum absolute atomic E-state index is 0.0261. The standard InChI is InChI=1S/C23H33F3N2O3/c1-3-19(29)27-20-17-7-4-5-8-18(17)22(21(20)31-16-15-30-2)10-13-28(14-11-22)12-6-9-23(24,25)26/h4-5,7-8,20-21H,3,6,9-16H2,1-2H3,(H,27,29)/t20-,21+/m0/s1. The van der Waals surface area contributed by atoms with E-state index in [2.05, 4.69) is 16.3 Å². The van der Waals surface area contributed by atoms with Crippen LogP contribution in [0.15, 0.2) is 24.3 Å². The Labute approximate surface area is 182 Å². The summed E-state index contributed by atoms with van der Waals surface area (Å²) in [5, 5.41) is 3.15. The van der Waals surface area contributed by atoms with Crippen LogP contribution in [-0.2, 0) is 19.7 Å². The van der Waals surface area contributed by atoms with Crippen molar-refractivity contribution < 1.29 is 27.4 Å². The molecular formula is C23H33F3N2O3. The molecule has 1 N–H and O–H groups in total. The third-order valence-corrected chi connectivity index (χ3v) is 6.58. The fourth-order valence-corrected chi connectivity index (χ4v) is 5.03. The van der Waals surface area contributed by atoms with Crippen molar-refractivity contribution in [1.82, 2.24) is 10.2 Å². The van der Waals surface area contributed by atoms with E-state index in [-0.39, 0.29) is 29.9 Å². The maximum Gasteiger partial charge on any atom is 0.389 e. The summed E-state index contributed by atoms with van der Waals surface area (Å²) in [6.07, 6.45) is -3.00. The van der Waals surface area contributed by atoms with Gasteiger partial charge in [0.1, 0.15) is 0 Å². The Bertz CT molecular complexity index is 733. The number of carbonyl (C=O) groups is 1. The first-order valence-electron chi connectivity index (χ1n) is 11.1. The fraction of sp³-hybridized carbons (Fsp3) is 0.696. The van der Waals surface area contributed by atoms with E-state index < -0.39 is 12.6 Å². The van der Waals surface area contributed by atoms with E-state index >= 15 is 0 Å². The Hall–Kier alpha value is -1.64. The van der Waals surface area contributed by atoms with Gasteiger partial charge in [0, 0.05) is 25.4 Å². The molecule has 1 fully saturated rings. The third kappa shape index (κ3) is 5.59. The Kier molecular flexibility index (Phi) is 7.99. The lowest BCUT2D eigenvalue weighted by Crippen LogP contribution is -2.51. The summed E-state index contributed by atoms with van der Waals surface area (Å²) in [4.78, 5) is 14.4. The van der Waals surface area contributed by atoms with Crippen molar-refractivity contribution >= 4 is 5.91 Å². The first-order valence-corrected chi connectivity index (χ1v) is 11.1. The van der Waals surface area contributed by atoms with Crippen LogP contribution in [0.25, 0.3) is 0 Å². The summed E-state index contributed by atoms with van der Waals surface area (Å²) in [5.74, 6) is -0.0261. The van der Waals surface area contributed by atoms with Gasteiger partial charge in [0.25, 0.3) is 0 Å². The van der Waals surface area contributed by atoms with Crippen LogP contribution < -0.4 is 5.32 Å². The molecule has 1 saturated heterocycles. The van der Waals surface area contributed by atoms with Crippen LogP contribution in [0.3, 0.4) is 0 Å². The van der Waals surface area contributed by atoms with Crippen molar-refractivity contribution in [2.75, 3.05) is 40.0 Å². The number of hydrogen-bond acceptors (Lipinski definition) is 4. The van der Waals surface area contributed by atoms with E-state index in [0.29, 0.717) is 39.3 Å². The SMILES string of the molecule is CCC(=O)N[C@H]1c2ccccc2C2(CCN(CCCC(F)(F)F)CC2)[C@@H]1OCCOC. The third-order valence-electron chi connectivity index (χ3n) is 6.58. The fourth-order valence-electron chi connectivity index (χ4n) is 5.03. The number of likely N-dealkylation sites (tertiary alicyclic amines) is 1. The van der Waals surface area contributed by atoms with Crippen molar-refractivity contribution in [3.8, 4) is 0 Å². The molecular weight excluding hydrogens is 409 g/mol. The summed E-state index contributed by atoms with van der Waals surface area (Å²) in [5.41, 5.74) is 2.00. The molecule has 1 aliphatic carbocycles. The molecule has 1 amide bonds. The van der Waals surface area contributed by atoms with Gasteiger partial charge in [-0.25, -0.2) is 0 Å². The number of amides is 1. The highest BCUT2D eigenvalue weighted by molar-refractivity contribution is 5.76. The molecule has 1 spiro atoms. The average Bonchev–Trinajstić information content (AvgIpc) is 2.98. The van der Waals surface area contributed by atoms with Crippen LogP contribution in [0.1, 0.15) is 56.2 Å². The second-order valence-electron chi connectivity index (χ2n) is 8.49. The van der Waals surface area contributed by atoms with E-state index in [9.17, 15) is 18.0 Å². The number of hydrogen-bond donors (Lipinski definition) is 1. The number of halogens is 3. The Balaban J connectivity index is 1.78. The predicted octanol–water partition coefficient (Wildman–Crippen LogP) is 3.98. The molecule has 3 rings (SSSR count). The largest absolute Gasteiger partial charge is 0.389 e.